The van der Waals surface area contributed by atoms with Gasteiger partial charge in [0.1, 0.15) is 17.2 Å². The van der Waals surface area contributed by atoms with E-state index in [0.717, 1.165) is 16.6 Å². The number of carboxylic acid groups (broad SMARTS) is 1. The number of nitrogens with one attached hydrogen (secondary N) is 1. The molecule has 5 nitrogen and oxygen atoms in total. The Labute approximate surface area is 198 Å². The lowest BCUT2D eigenvalue weighted by molar-refractivity contribution is -0.137. The molecule has 2 N–H and O–H groups in total. The number of nitrogens with zero attached hydrogens (tertiary/aromatic N) is 1. The van der Waals surface area contributed by atoms with E-state index in [2.05, 4.69) is 5.32 Å². The number of aryl methyl sites for hydroxylation is 1. The summed E-state index contributed by atoms with van der Waals surface area (Å²) in [5.74, 6) is -0.290. The van der Waals surface area contributed by atoms with Crippen molar-refractivity contribution in [1.82, 2.24) is 9.88 Å². The highest BCUT2D eigenvalue weighted by atomic mass is 32.1. The fourth-order valence-corrected chi connectivity index (χ4v) is 4.73. The molecular formula is C25H23F3N2O3S. The van der Waals surface area contributed by atoms with Crippen molar-refractivity contribution in [3.63, 3.8) is 0 Å². The Kier molecular flexibility index (Phi) is 6.95. The van der Waals surface area contributed by atoms with E-state index in [1.165, 1.54) is 0 Å². The normalized spacial score (nSPS) is 11.8. The highest BCUT2D eigenvalue weighted by molar-refractivity contribution is 7.12. The second-order valence-electron chi connectivity index (χ2n) is 7.84. The zero-order valence-corrected chi connectivity index (χ0v) is 19.2. The summed E-state index contributed by atoms with van der Waals surface area (Å²) in [6.45, 7) is 0.922. The minimum absolute atomic E-state index is 0.0303. The topological polar surface area (TPSA) is 63.5 Å². The quantitative estimate of drug-likeness (QED) is 0.281. The standard InChI is InChI=1S/C25H23F3N2O3S/c1-30-18(14-29-10-9-23(31)32)11-17-12-19(7-8-22(17)30)33-15-20-13-21(16-5-3-2-4-6-16)24(34-20)25(26,27)28/h2-8,11-13,29H,9-10,14-15H2,1H3,(H,31,32). The van der Waals surface area contributed by atoms with Gasteiger partial charge in [0.25, 0.3) is 0 Å². The van der Waals surface area contributed by atoms with E-state index in [1.807, 2.05) is 29.8 Å². The second kappa shape index (κ2) is 9.90. The first-order chi connectivity index (χ1) is 16.2. The second-order valence-corrected chi connectivity index (χ2v) is 8.98. The molecule has 0 unspecified atom stereocenters. The number of carbonyl (C=O) groups is 1. The monoisotopic (exact) mass is 488 g/mol. The lowest BCUT2D eigenvalue weighted by atomic mass is 10.1. The molecule has 0 radical (unpaired) electrons. The molecule has 2 aromatic carbocycles. The van der Waals surface area contributed by atoms with Gasteiger partial charge < -0.3 is 19.7 Å². The molecule has 0 amide bonds. The van der Waals surface area contributed by atoms with Crippen LogP contribution in [-0.2, 0) is 31.2 Å². The van der Waals surface area contributed by atoms with Gasteiger partial charge in [-0.1, -0.05) is 30.3 Å². The van der Waals surface area contributed by atoms with Gasteiger partial charge in [-0.15, -0.1) is 11.3 Å². The first-order valence-corrected chi connectivity index (χ1v) is 11.4. The first-order valence-electron chi connectivity index (χ1n) is 10.6. The minimum Gasteiger partial charge on any atom is -0.488 e. The number of carboxylic acids is 1. The van der Waals surface area contributed by atoms with Crippen molar-refractivity contribution >= 4 is 28.2 Å². The van der Waals surface area contributed by atoms with E-state index >= 15 is 0 Å². The van der Waals surface area contributed by atoms with Crippen molar-refractivity contribution in [3.8, 4) is 16.9 Å². The molecule has 0 aliphatic rings. The Hall–Kier alpha value is -3.30. The summed E-state index contributed by atoms with van der Waals surface area (Å²) < 4.78 is 48.7. The minimum atomic E-state index is -4.44. The van der Waals surface area contributed by atoms with E-state index in [9.17, 15) is 18.0 Å². The maximum atomic E-state index is 13.6. The van der Waals surface area contributed by atoms with Gasteiger partial charge in [-0.2, -0.15) is 13.2 Å². The third-order valence-corrected chi connectivity index (χ3v) is 6.59. The molecule has 2 aromatic heterocycles. The van der Waals surface area contributed by atoms with Gasteiger partial charge >= 0.3 is 12.1 Å². The van der Waals surface area contributed by atoms with Crippen LogP contribution in [0.1, 0.15) is 21.9 Å². The van der Waals surface area contributed by atoms with Gasteiger partial charge in [0.15, 0.2) is 0 Å². The van der Waals surface area contributed by atoms with E-state index in [0.29, 0.717) is 40.6 Å². The van der Waals surface area contributed by atoms with Gasteiger partial charge in [0.2, 0.25) is 0 Å². The SMILES string of the molecule is Cn1c(CNCCC(=O)O)cc2cc(OCc3cc(-c4ccccc4)c(C(F)(F)F)s3)ccc21. The zero-order valence-electron chi connectivity index (χ0n) is 18.4. The first kappa shape index (κ1) is 23.8. The predicted molar refractivity (Wildman–Crippen MR) is 126 cm³/mol. The van der Waals surface area contributed by atoms with Crippen molar-refractivity contribution < 1.29 is 27.8 Å². The number of rotatable bonds is 9. The van der Waals surface area contributed by atoms with Crippen LogP contribution in [0, 0.1) is 0 Å². The van der Waals surface area contributed by atoms with Crippen molar-refractivity contribution in [2.45, 2.75) is 25.7 Å². The highest BCUT2D eigenvalue weighted by Gasteiger charge is 2.36. The summed E-state index contributed by atoms with van der Waals surface area (Å²) in [5.41, 5.74) is 2.64. The number of fused-ring (bicyclic) bond motifs is 1. The van der Waals surface area contributed by atoms with Crippen LogP contribution >= 0.6 is 11.3 Å². The highest BCUT2D eigenvalue weighted by Crippen LogP contribution is 2.43. The Bertz CT molecular complexity index is 1300. The van der Waals surface area contributed by atoms with Crippen LogP contribution < -0.4 is 10.1 Å². The number of aliphatic carboxylic acids is 1. The Morgan fingerprint density at radius 1 is 1.12 bits per heavy atom. The molecule has 0 atom stereocenters. The molecule has 0 aliphatic carbocycles. The molecule has 34 heavy (non-hydrogen) atoms. The van der Waals surface area contributed by atoms with E-state index < -0.39 is 17.0 Å². The summed E-state index contributed by atoms with van der Waals surface area (Å²) >= 11 is 0.700. The Morgan fingerprint density at radius 3 is 2.59 bits per heavy atom. The lowest BCUT2D eigenvalue weighted by Gasteiger charge is -2.07. The fraction of sp³-hybridized carbons (Fsp3) is 0.240. The van der Waals surface area contributed by atoms with Crippen LogP contribution in [0.15, 0.2) is 60.7 Å². The van der Waals surface area contributed by atoms with Crippen LogP contribution in [0.25, 0.3) is 22.0 Å². The molecule has 0 fully saturated rings. The molecular weight excluding hydrogens is 465 g/mol. The van der Waals surface area contributed by atoms with Gasteiger partial charge in [0, 0.05) is 47.2 Å². The summed E-state index contributed by atoms with van der Waals surface area (Å²) in [4.78, 5) is 10.5. The molecule has 0 aliphatic heterocycles. The number of halogens is 3. The Balaban J connectivity index is 1.49. The van der Waals surface area contributed by atoms with Crippen molar-refractivity contribution in [2.75, 3.05) is 6.54 Å². The molecule has 0 bridgehead atoms. The lowest BCUT2D eigenvalue weighted by Crippen LogP contribution is -2.18. The number of thiophene rings is 1. The molecule has 9 heteroatoms. The van der Waals surface area contributed by atoms with Crippen molar-refractivity contribution in [1.29, 1.82) is 0 Å². The van der Waals surface area contributed by atoms with E-state index in [1.54, 1.807) is 42.5 Å². The van der Waals surface area contributed by atoms with E-state index in [-0.39, 0.29) is 18.6 Å². The average molecular weight is 489 g/mol. The molecule has 4 aromatic rings. The van der Waals surface area contributed by atoms with Crippen LogP contribution in [0.3, 0.4) is 0 Å². The average Bonchev–Trinajstić information content (AvgIpc) is 3.37. The number of hydrogen-bond acceptors (Lipinski definition) is 4. The number of alkyl halides is 3. The van der Waals surface area contributed by atoms with Gasteiger partial charge in [-0.25, -0.2) is 0 Å². The maximum absolute atomic E-state index is 13.6. The Morgan fingerprint density at radius 2 is 1.88 bits per heavy atom. The number of benzene rings is 2. The predicted octanol–water partition coefficient (Wildman–Crippen LogP) is 6.07. The maximum Gasteiger partial charge on any atom is 0.426 e. The van der Waals surface area contributed by atoms with Gasteiger partial charge in [-0.05, 0) is 35.9 Å². The van der Waals surface area contributed by atoms with Crippen molar-refractivity contribution in [2.24, 2.45) is 7.05 Å². The number of hydrogen-bond donors (Lipinski definition) is 2. The largest absolute Gasteiger partial charge is 0.488 e. The summed E-state index contributed by atoms with van der Waals surface area (Å²) in [6, 6.07) is 17.6. The third-order valence-electron chi connectivity index (χ3n) is 5.44. The van der Waals surface area contributed by atoms with Gasteiger partial charge in [-0.3, -0.25) is 4.79 Å². The van der Waals surface area contributed by atoms with Crippen LogP contribution in [0.5, 0.6) is 5.75 Å². The summed E-state index contributed by atoms with van der Waals surface area (Å²) in [5, 5.41) is 12.8. The molecule has 0 saturated carbocycles. The van der Waals surface area contributed by atoms with Crippen molar-refractivity contribution in [3.05, 3.63) is 76.1 Å². The van der Waals surface area contributed by atoms with Crippen LogP contribution in [-0.4, -0.2) is 22.2 Å². The van der Waals surface area contributed by atoms with Gasteiger partial charge in [0.05, 0.1) is 6.42 Å². The smallest absolute Gasteiger partial charge is 0.426 e. The zero-order chi connectivity index (χ0) is 24.3. The van der Waals surface area contributed by atoms with E-state index in [4.69, 9.17) is 9.84 Å². The molecule has 178 valence electrons. The molecule has 4 rings (SSSR count). The number of aromatic nitrogens is 1. The molecule has 0 spiro atoms. The fourth-order valence-electron chi connectivity index (χ4n) is 3.77. The number of ether oxygens (including phenoxy) is 1. The third kappa shape index (κ3) is 5.43. The van der Waals surface area contributed by atoms with Crippen LogP contribution in [0.4, 0.5) is 13.2 Å². The molecule has 0 saturated heterocycles. The van der Waals surface area contributed by atoms with Crippen LogP contribution in [0.2, 0.25) is 0 Å². The summed E-state index contributed by atoms with van der Waals surface area (Å²) in [7, 11) is 1.92. The molecule has 2 heterocycles. The summed E-state index contributed by atoms with van der Waals surface area (Å²) in [6.07, 6.45) is -4.39.